The predicted molar refractivity (Wildman–Crippen MR) is 50.0 cm³/mol. The minimum atomic E-state index is -1.42. The van der Waals surface area contributed by atoms with Crippen LogP contribution in [-0.4, -0.2) is 79.6 Å². The summed E-state index contributed by atoms with van der Waals surface area (Å²) >= 11 is 0. The molecule has 0 aromatic heterocycles. The molecular weight excluding hydrogens is 202 g/mol. The molecule has 0 aliphatic carbocycles. The first-order valence-corrected chi connectivity index (χ1v) is 5.03. The van der Waals surface area contributed by atoms with Crippen LogP contribution in [0, 0.1) is 0 Å². The molecule has 0 unspecified atom stereocenters. The normalized spacial score (nSPS) is 56.8. The summed E-state index contributed by atoms with van der Waals surface area (Å²) in [6.45, 7) is 1.75. The van der Waals surface area contributed by atoms with E-state index in [9.17, 15) is 25.5 Å². The number of aliphatic hydroxyl groups is 5. The van der Waals surface area contributed by atoms with Crippen LogP contribution in [0.25, 0.3) is 0 Å². The van der Waals surface area contributed by atoms with Crippen molar-refractivity contribution in [3.8, 4) is 0 Å². The molecule has 6 atom stereocenters. The van der Waals surface area contributed by atoms with Gasteiger partial charge in [0.25, 0.3) is 0 Å². The van der Waals surface area contributed by atoms with Crippen molar-refractivity contribution >= 4 is 0 Å². The molecule has 88 valence electrons. The van der Waals surface area contributed by atoms with Crippen molar-refractivity contribution in [2.24, 2.45) is 0 Å². The highest BCUT2D eigenvalue weighted by atomic mass is 16.4. The van der Waals surface area contributed by atoms with Gasteiger partial charge >= 0.3 is 0 Å². The molecule has 0 spiro atoms. The van der Waals surface area contributed by atoms with E-state index in [1.54, 1.807) is 4.90 Å². The molecule has 0 amide bonds. The molecule has 0 saturated carbocycles. The van der Waals surface area contributed by atoms with Gasteiger partial charge in [0.1, 0.15) is 17.8 Å². The highest BCUT2D eigenvalue weighted by Crippen LogP contribution is 2.32. The number of hydrogen-bond acceptors (Lipinski definition) is 6. The summed E-state index contributed by atoms with van der Waals surface area (Å²) in [4.78, 5) is 1.60. The zero-order chi connectivity index (χ0) is 11.4. The van der Waals surface area contributed by atoms with Gasteiger partial charge < -0.3 is 25.5 Å². The van der Waals surface area contributed by atoms with Crippen LogP contribution in [0.15, 0.2) is 0 Å². The zero-order valence-corrected chi connectivity index (χ0v) is 8.48. The topological polar surface area (TPSA) is 104 Å². The SMILES string of the molecule is C[C@]1(O)CN2C[C@H](O)[C@H](O)[C@@H]2[C@@H](O)[C@@H]1O. The molecule has 15 heavy (non-hydrogen) atoms. The fraction of sp³-hybridized carbons (Fsp3) is 1.00. The van der Waals surface area contributed by atoms with Crippen molar-refractivity contribution in [2.75, 3.05) is 13.1 Å². The maximum absolute atomic E-state index is 9.82. The lowest BCUT2D eigenvalue weighted by Gasteiger charge is -2.46. The lowest BCUT2D eigenvalue weighted by Crippen LogP contribution is -2.66. The average Bonchev–Trinajstić information content (AvgIpc) is 2.38. The molecule has 6 heteroatoms. The highest BCUT2D eigenvalue weighted by Gasteiger charge is 2.55. The highest BCUT2D eigenvalue weighted by molar-refractivity contribution is 5.08. The molecule has 6 nitrogen and oxygen atoms in total. The number of aliphatic hydroxyl groups excluding tert-OH is 4. The third-order valence-corrected chi connectivity index (χ3v) is 3.42. The van der Waals surface area contributed by atoms with E-state index in [1.165, 1.54) is 6.92 Å². The molecule has 0 aromatic rings. The van der Waals surface area contributed by atoms with Gasteiger partial charge in [-0.25, -0.2) is 0 Å². The van der Waals surface area contributed by atoms with E-state index in [1.807, 2.05) is 0 Å². The number of fused-ring (bicyclic) bond motifs is 1. The van der Waals surface area contributed by atoms with E-state index < -0.39 is 36.1 Å². The van der Waals surface area contributed by atoms with Gasteiger partial charge in [0, 0.05) is 13.1 Å². The second-order valence-corrected chi connectivity index (χ2v) is 4.77. The molecule has 0 bridgehead atoms. The molecule has 2 aliphatic rings. The van der Waals surface area contributed by atoms with E-state index in [4.69, 9.17) is 0 Å². The van der Waals surface area contributed by atoms with Gasteiger partial charge in [-0.15, -0.1) is 0 Å². The minimum absolute atomic E-state index is 0.129. The molecule has 2 heterocycles. The summed E-state index contributed by atoms with van der Waals surface area (Å²) < 4.78 is 0. The molecular formula is C9H17NO5. The predicted octanol–water partition coefficient (Wildman–Crippen LogP) is -3.12. The van der Waals surface area contributed by atoms with Crippen molar-refractivity contribution in [1.82, 2.24) is 4.90 Å². The molecule has 2 saturated heterocycles. The fourth-order valence-corrected chi connectivity index (χ4v) is 2.56. The van der Waals surface area contributed by atoms with Gasteiger partial charge in [0.15, 0.2) is 0 Å². The van der Waals surface area contributed by atoms with Crippen molar-refractivity contribution in [3.05, 3.63) is 0 Å². The smallest absolute Gasteiger partial charge is 0.111 e. The van der Waals surface area contributed by atoms with Crippen molar-refractivity contribution < 1.29 is 25.5 Å². The van der Waals surface area contributed by atoms with Crippen LogP contribution in [0.1, 0.15) is 6.92 Å². The summed E-state index contributed by atoms with van der Waals surface area (Å²) in [5, 5.41) is 48.2. The number of hydrogen-bond donors (Lipinski definition) is 5. The Bertz CT molecular complexity index is 257. The van der Waals surface area contributed by atoms with Crippen LogP contribution >= 0.6 is 0 Å². The third kappa shape index (κ3) is 1.57. The summed E-state index contributed by atoms with van der Waals surface area (Å²) in [6.07, 6.45) is -4.57. The van der Waals surface area contributed by atoms with Crippen LogP contribution in [0.2, 0.25) is 0 Å². The van der Waals surface area contributed by atoms with E-state index in [0.717, 1.165) is 0 Å². The summed E-state index contributed by atoms with van der Waals surface area (Å²) in [5.74, 6) is 0. The first kappa shape index (κ1) is 11.3. The van der Waals surface area contributed by atoms with Gasteiger partial charge in [-0.2, -0.15) is 0 Å². The van der Waals surface area contributed by atoms with Gasteiger partial charge in [0.05, 0.1) is 18.2 Å². The number of piperidine rings is 1. The Morgan fingerprint density at radius 1 is 1.13 bits per heavy atom. The van der Waals surface area contributed by atoms with E-state index in [-0.39, 0.29) is 13.1 Å². The fourth-order valence-electron chi connectivity index (χ4n) is 2.56. The zero-order valence-electron chi connectivity index (χ0n) is 8.48. The van der Waals surface area contributed by atoms with Crippen molar-refractivity contribution in [2.45, 2.75) is 43.0 Å². The first-order chi connectivity index (χ1) is 6.84. The van der Waals surface area contributed by atoms with Gasteiger partial charge in [-0.3, -0.25) is 4.90 Å². The lowest BCUT2D eigenvalue weighted by atomic mass is 9.84. The van der Waals surface area contributed by atoms with E-state index in [2.05, 4.69) is 0 Å². The Hall–Kier alpha value is -0.240. The van der Waals surface area contributed by atoms with Crippen LogP contribution < -0.4 is 0 Å². The Morgan fingerprint density at radius 2 is 1.73 bits per heavy atom. The summed E-state index contributed by atoms with van der Waals surface area (Å²) in [5.41, 5.74) is -1.42. The standard InChI is InChI=1S/C9H17NO5/c1-9(15)3-10-2-4(11)6(12)5(10)7(13)8(9)14/h4-8,11-15H,2-3H2,1H3/t4-,5+,6-,7+,8-,9-/m0/s1. The summed E-state index contributed by atoms with van der Waals surface area (Å²) in [7, 11) is 0. The minimum Gasteiger partial charge on any atom is -0.389 e. The lowest BCUT2D eigenvalue weighted by molar-refractivity contribution is -0.185. The second-order valence-electron chi connectivity index (χ2n) is 4.77. The molecule has 2 fully saturated rings. The van der Waals surface area contributed by atoms with Crippen LogP contribution in [0.5, 0.6) is 0 Å². The van der Waals surface area contributed by atoms with E-state index >= 15 is 0 Å². The first-order valence-electron chi connectivity index (χ1n) is 5.03. The Labute approximate surface area is 87.4 Å². The molecule has 2 rings (SSSR count). The molecule has 0 radical (unpaired) electrons. The van der Waals surface area contributed by atoms with Crippen molar-refractivity contribution in [3.63, 3.8) is 0 Å². The van der Waals surface area contributed by atoms with Crippen LogP contribution in [0.4, 0.5) is 0 Å². The van der Waals surface area contributed by atoms with Crippen LogP contribution in [-0.2, 0) is 0 Å². The van der Waals surface area contributed by atoms with E-state index in [0.29, 0.717) is 0 Å². The van der Waals surface area contributed by atoms with Gasteiger partial charge in [-0.1, -0.05) is 0 Å². The maximum atomic E-state index is 9.82. The molecule has 2 aliphatic heterocycles. The molecule has 5 N–H and O–H groups in total. The second kappa shape index (κ2) is 3.38. The third-order valence-electron chi connectivity index (χ3n) is 3.42. The summed E-state index contributed by atoms with van der Waals surface area (Å²) in [6, 6.07) is -0.699. The Morgan fingerprint density at radius 3 is 2.33 bits per heavy atom. The van der Waals surface area contributed by atoms with Gasteiger partial charge in [0.2, 0.25) is 0 Å². The quantitative estimate of drug-likeness (QED) is 0.295. The largest absolute Gasteiger partial charge is 0.389 e. The number of rotatable bonds is 0. The number of nitrogens with zero attached hydrogens (tertiary/aromatic N) is 1. The monoisotopic (exact) mass is 219 g/mol. The van der Waals surface area contributed by atoms with Crippen molar-refractivity contribution in [1.29, 1.82) is 0 Å². The maximum Gasteiger partial charge on any atom is 0.111 e. The Balaban J connectivity index is 2.24. The molecule has 0 aromatic carbocycles. The van der Waals surface area contributed by atoms with Crippen LogP contribution in [0.3, 0.4) is 0 Å². The Kier molecular flexibility index (Phi) is 2.53. The van der Waals surface area contributed by atoms with Gasteiger partial charge in [-0.05, 0) is 6.92 Å². The average molecular weight is 219 g/mol.